The van der Waals surface area contributed by atoms with Gasteiger partial charge in [0.2, 0.25) is 0 Å². The van der Waals surface area contributed by atoms with Gasteiger partial charge >= 0.3 is 11.9 Å². The van der Waals surface area contributed by atoms with E-state index in [0.717, 1.165) is 5.56 Å². The van der Waals surface area contributed by atoms with Crippen LogP contribution in [0.2, 0.25) is 0 Å². The number of rotatable bonds is 6. The Kier molecular flexibility index (Phi) is 5.90. The molecule has 0 aliphatic heterocycles. The van der Waals surface area contributed by atoms with Gasteiger partial charge in [0.15, 0.2) is 0 Å². The monoisotopic (exact) mass is 293 g/mol. The van der Waals surface area contributed by atoms with Gasteiger partial charge in [0.05, 0.1) is 12.3 Å². The van der Waals surface area contributed by atoms with Gasteiger partial charge in [-0.25, -0.2) is 0 Å². The van der Waals surface area contributed by atoms with Gasteiger partial charge in [0.25, 0.3) is 0 Å². The van der Waals surface area contributed by atoms with Gasteiger partial charge in [0, 0.05) is 6.04 Å². The number of benzene rings is 1. The zero-order valence-electron chi connectivity index (χ0n) is 12.7. The van der Waals surface area contributed by atoms with Crippen LogP contribution in [0.1, 0.15) is 45.1 Å². The number of carbonyl (C=O) groups excluding carboxylic acids is 1. The van der Waals surface area contributed by atoms with Crippen LogP contribution in [0.4, 0.5) is 0 Å². The predicted octanol–water partition coefficient (Wildman–Crippen LogP) is 2.30. The van der Waals surface area contributed by atoms with Crippen molar-refractivity contribution < 1.29 is 19.4 Å². The molecule has 116 valence electrons. The van der Waals surface area contributed by atoms with E-state index in [9.17, 15) is 9.59 Å². The second-order valence-electron chi connectivity index (χ2n) is 6.09. The molecule has 0 fully saturated rings. The molecule has 0 radical (unpaired) electrons. The predicted molar refractivity (Wildman–Crippen MR) is 79.9 cm³/mol. The SMILES string of the molecule is CC(C)(C)OC(=O)[C@H](C[C@@H](N)CC(=O)O)c1ccccc1. The van der Waals surface area contributed by atoms with Crippen molar-refractivity contribution in [3.8, 4) is 0 Å². The Balaban J connectivity index is 2.90. The second-order valence-corrected chi connectivity index (χ2v) is 6.09. The number of hydrogen-bond acceptors (Lipinski definition) is 4. The number of carbonyl (C=O) groups is 2. The molecule has 5 nitrogen and oxygen atoms in total. The third-order valence-corrected chi connectivity index (χ3v) is 2.87. The molecule has 5 heteroatoms. The van der Waals surface area contributed by atoms with E-state index in [0.29, 0.717) is 0 Å². The Bertz CT molecular complexity index is 479. The highest BCUT2D eigenvalue weighted by molar-refractivity contribution is 5.78. The molecule has 0 aliphatic rings. The molecule has 0 aromatic heterocycles. The van der Waals surface area contributed by atoms with E-state index in [2.05, 4.69) is 0 Å². The molecule has 1 aromatic rings. The molecule has 0 saturated heterocycles. The lowest BCUT2D eigenvalue weighted by atomic mass is 9.91. The van der Waals surface area contributed by atoms with Gasteiger partial charge in [-0.05, 0) is 32.8 Å². The minimum atomic E-state index is -0.974. The Morgan fingerprint density at radius 3 is 2.29 bits per heavy atom. The molecule has 0 aliphatic carbocycles. The van der Waals surface area contributed by atoms with Crippen LogP contribution in [-0.2, 0) is 14.3 Å². The first-order valence-electron chi connectivity index (χ1n) is 6.94. The first-order valence-corrected chi connectivity index (χ1v) is 6.94. The standard InChI is InChI=1S/C16H23NO4/c1-16(2,3)21-15(20)13(9-12(17)10-14(18)19)11-7-5-4-6-8-11/h4-8,12-13H,9-10,17H2,1-3H3,(H,18,19)/t12-,13-/m1/s1. The van der Waals surface area contributed by atoms with Crippen molar-refractivity contribution in [2.45, 2.75) is 51.2 Å². The topological polar surface area (TPSA) is 89.6 Å². The van der Waals surface area contributed by atoms with Crippen molar-refractivity contribution >= 4 is 11.9 Å². The van der Waals surface area contributed by atoms with Gasteiger partial charge < -0.3 is 15.6 Å². The Labute approximate surface area is 125 Å². The van der Waals surface area contributed by atoms with Crippen LogP contribution < -0.4 is 5.73 Å². The van der Waals surface area contributed by atoms with Crippen molar-refractivity contribution in [2.24, 2.45) is 5.73 Å². The first-order chi connectivity index (χ1) is 9.69. The van der Waals surface area contributed by atoms with Crippen LogP contribution in [0, 0.1) is 0 Å². The highest BCUT2D eigenvalue weighted by Gasteiger charge is 2.28. The van der Waals surface area contributed by atoms with E-state index in [1.807, 2.05) is 30.3 Å². The second kappa shape index (κ2) is 7.22. The number of aliphatic carboxylic acids is 1. The molecular weight excluding hydrogens is 270 g/mol. The molecule has 2 atom stereocenters. The quantitative estimate of drug-likeness (QED) is 0.785. The van der Waals surface area contributed by atoms with E-state index in [1.54, 1.807) is 20.8 Å². The van der Waals surface area contributed by atoms with Crippen LogP contribution in [0.15, 0.2) is 30.3 Å². The van der Waals surface area contributed by atoms with Crippen molar-refractivity contribution in [1.29, 1.82) is 0 Å². The molecule has 21 heavy (non-hydrogen) atoms. The summed E-state index contributed by atoms with van der Waals surface area (Å²) in [5.74, 6) is -1.91. The van der Waals surface area contributed by atoms with E-state index in [1.165, 1.54) is 0 Å². The van der Waals surface area contributed by atoms with E-state index in [4.69, 9.17) is 15.6 Å². The molecule has 0 amide bonds. The summed E-state index contributed by atoms with van der Waals surface area (Å²) in [5.41, 5.74) is 6.01. The maximum atomic E-state index is 12.4. The Hall–Kier alpha value is -1.88. The maximum Gasteiger partial charge on any atom is 0.313 e. The highest BCUT2D eigenvalue weighted by atomic mass is 16.6. The average molecular weight is 293 g/mol. The number of esters is 1. The average Bonchev–Trinajstić information content (AvgIpc) is 2.34. The summed E-state index contributed by atoms with van der Waals surface area (Å²) in [7, 11) is 0. The van der Waals surface area contributed by atoms with Crippen LogP contribution in [0.5, 0.6) is 0 Å². The molecule has 1 rings (SSSR count). The summed E-state index contributed by atoms with van der Waals surface area (Å²) in [4.78, 5) is 23.1. The third kappa shape index (κ3) is 6.40. The van der Waals surface area contributed by atoms with Crippen molar-refractivity contribution in [3.63, 3.8) is 0 Å². The Morgan fingerprint density at radius 1 is 1.24 bits per heavy atom. The summed E-state index contributed by atoms with van der Waals surface area (Å²) < 4.78 is 5.42. The molecule has 0 spiro atoms. The first kappa shape index (κ1) is 17.2. The summed E-state index contributed by atoms with van der Waals surface area (Å²) >= 11 is 0. The molecule has 1 aromatic carbocycles. The zero-order valence-corrected chi connectivity index (χ0v) is 12.7. The fourth-order valence-electron chi connectivity index (χ4n) is 2.04. The lowest BCUT2D eigenvalue weighted by molar-refractivity contribution is -0.157. The molecule has 0 saturated carbocycles. The van der Waals surface area contributed by atoms with E-state index in [-0.39, 0.29) is 18.8 Å². The van der Waals surface area contributed by atoms with Crippen molar-refractivity contribution in [1.82, 2.24) is 0 Å². The fourth-order valence-corrected chi connectivity index (χ4v) is 2.04. The molecular formula is C16H23NO4. The number of ether oxygens (including phenoxy) is 1. The van der Waals surface area contributed by atoms with E-state index < -0.39 is 23.5 Å². The molecule has 0 heterocycles. The van der Waals surface area contributed by atoms with Gasteiger partial charge in [-0.15, -0.1) is 0 Å². The van der Waals surface area contributed by atoms with Gasteiger partial charge in [0.1, 0.15) is 5.60 Å². The summed E-state index contributed by atoms with van der Waals surface area (Å²) in [6.07, 6.45) is 0.0668. The van der Waals surface area contributed by atoms with E-state index >= 15 is 0 Å². The van der Waals surface area contributed by atoms with Crippen molar-refractivity contribution in [2.75, 3.05) is 0 Å². The highest BCUT2D eigenvalue weighted by Crippen LogP contribution is 2.25. The fraction of sp³-hybridized carbons (Fsp3) is 0.500. The lowest BCUT2D eigenvalue weighted by Crippen LogP contribution is -2.32. The number of carboxylic acid groups (broad SMARTS) is 1. The number of nitrogens with two attached hydrogens (primary N) is 1. The number of hydrogen-bond donors (Lipinski definition) is 2. The zero-order chi connectivity index (χ0) is 16.0. The van der Waals surface area contributed by atoms with Gasteiger partial charge in [-0.3, -0.25) is 9.59 Å². The minimum Gasteiger partial charge on any atom is -0.481 e. The smallest absolute Gasteiger partial charge is 0.313 e. The van der Waals surface area contributed by atoms with Crippen LogP contribution in [-0.4, -0.2) is 28.7 Å². The minimum absolute atomic E-state index is 0.174. The van der Waals surface area contributed by atoms with Crippen LogP contribution in [0.25, 0.3) is 0 Å². The van der Waals surface area contributed by atoms with Gasteiger partial charge in [-0.2, -0.15) is 0 Å². The Morgan fingerprint density at radius 2 is 1.81 bits per heavy atom. The van der Waals surface area contributed by atoms with Crippen molar-refractivity contribution in [3.05, 3.63) is 35.9 Å². The van der Waals surface area contributed by atoms with Crippen LogP contribution in [0.3, 0.4) is 0 Å². The largest absolute Gasteiger partial charge is 0.481 e. The third-order valence-electron chi connectivity index (χ3n) is 2.87. The maximum absolute atomic E-state index is 12.4. The summed E-state index contributed by atoms with van der Waals surface area (Å²) in [5, 5.41) is 8.80. The number of carboxylic acids is 1. The normalized spacial score (nSPS) is 14.3. The van der Waals surface area contributed by atoms with Crippen LogP contribution >= 0.6 is 0 Å². The van der Waals surface area contributed by atoms with Gasteiger partial charge in [-0.1, -0.05) is 30.3 Å². The summed E-state index contributed by atoms with van der Waals surface area (Å²) in [6, 6.07) is 8.56. The molecule has 0 unspecified atom stereocenters. The lowest BCUT2D eigenvalue weighted by Gasteiger charge is -2.25. The summed E-state index contributed by atoms with van der Waals surface area (Å²) in [6.45, 7) is 5.39. The molecule has 3 N–H and O–H groups in total. The molecule has 0 bridgehead atoms.